The van der Waals surface area contributed by atoms with Crippen molar-refractivity contribution in [2.75, 3.05) is 13.2 Å². The Kier molecular flexibility index (Phi) is 14.5. The highest BCUT2D eigenvalue weighted by Gasteiger charge is 2.08. The topological polar surface area (TPSA) is 27.1 Å². The van der Waals surface area contributed by atoms with Gasteiger partial charge in [-0.25, -0.2) is 4.98 Å². The first-order chi connectivity index (χ1) is 13.1. The average molecular weight is 379 g/mol. The summed E-state index contributed by atoms with van der Waals surface area (Å²) in [5.41, 5.74) is 0.404. The van der Waals surface area contributed by atoms with Crippen LogP contribution in [-0.4, -0.2) is 22.8 Å². The van der Waals surface area contributed by atoms with Crippen LogP contribution in [0.25, 0.3) is 0 Å². The molecular weight excluding hydrogens is 332 g/mol. The van der Waals surface area contributed by atoms with Gasteiger partial charge in [-0.1, -0.05) is 91.4 Å². The monoisotopic (exact) mass is 378 g/mol. The van der Waals surface area contributed by atoms with Crippen LogP contribution in [0.2, 0.25) is 0 Å². The van der Waals surface area contributed by atoms with Gasteiger partial charge in [0.15, 0.2) is 0 Å². The maximum Gasteiger partial charge on any atom is 0.0945 e. The van der Waals surface area contributed by atoms with Gasteiger partial charge in [0.2, 0.25) is 0 Å². The Hall–Kier alpha value is -0.830. The van der Waals surface area contributed by atoms with Crippen LogP contribution in [0, 0.1) is 5.41 Å². The minimum atomic E-state index is 0.404. The molecule has 0 atom stereocenters. The number of unbranched alkanes of at least 4 members (excludes halogenated alkanes) is 12. The van der Waals surface area contributed by atoms with Crippen LogP contribution < -0.4 is 0 Å². The molecule has 1 aromatic heterocycles. The second-order valence-electron chi connectivity index (χ2n) is 9.32. The van der Waals surface area contributed by atoms with E-state index >= 15 is 0 Å². The number of imidazole rings is 1. The van der Waals surface area contributed by atoms with E-state index in [0.717, 1.165) is 19.8 Å². The van der Waals surface area contributed by atoms with Crippen molar-refractivity contribution in [2.24, 2.45) is 5.41 Å². The van der Waals surface area contributed by atoms with Gasteiger partial charge in [0, 0.05) is 32.2 Å². The van der Waals surface area contributed by atoms with Gasteiger partial charge in [0.25, 0.3) is 0 Å². The quantitative estimate of drug-likeness (QED) is 0.249. The Labute approximate surface area is 169 Å². The highest BCUT2D eigenvalue weighted by atomic mass is 16.5. The zero-order valence-electron chi connectivity index (χ0n) is 18.6. The summed E-state index contributed by atoms with van der Waals surface area (Å²) in [5.74, 6) is 0. The number of hydrogen-bond acceptors (Lipinski definition) is 2. The first-order valence-corrected chi connectivity index (χ1v) is 11.6. The summed E-state index contributed by atoms with van der Waals surface area (Å²) >= 11 is 0. The van der Waals surface area contributed by atoms with Crippen molar-refractivity contribution in [1.29, 1.82) is 0 Å². The van der Waals surface area contributed by atoms with Gasteiger partial charge < -0.3 is 9.30 Å². The molecule has 0 N–H and O–H groups in total. The molecule has 158 valence electrons. The van der Waals surface area contributed by atoms with Gasteiger partial charge in [-0.3, -0.25) is 0 Å². The fourth-order valence-corrected chi connectivity index (χ4v) is 3.34. The van der Waals surface area contributed by atoms with Crippen LogP contribution in [0.15, 0.2) is 18.7 Å². The van der Waals surface area contributed by atoms with Crippen LogP contribution in [0.4, 0.5) is 0 Å². The smallest absolute Gasteiger partial charge is 0.0945 e. The average Bonchev–Trinajstić information content (AvgIpc) is 3.13. The molecule has 0 aliphatic heterocycles. The third kappa shape index (κ3) is 17.0. The predicted octanol–water partition coefficient (Wildman–Crippen LogP) is 7.41. The molecule has 0 aromatic carbocycles. The summed E-state index contributed by atoms with van der Waals surface area (Å²) in [6, 6.07) is 0. The molecule has 1 rings (SSSR count). The van der Waals surface area contributed by atoms with Gasteiger partial charge >= 0.3 is 0 Å². The summed E-state index contributed by atoms with van der Waals surface area (Å²) in [7, 11) is 0. The Morgan fingerprint density at radius 3 is 1.70 bits per heavy atom. The van der Waals surface area contributed by atoms with Crippen LogP contribution in [0.3, 0.4) is 0 Å². The molecule has 0 aliphatic rings. The molecule has 1 heterocycles. The first kappa shape index (κ1) is 24.2. The molecule has 0 radical (unpaired) electrons. The first-order valence-electron chi connectivity index (χ1n) is 11.6. The van der Waals surface area contributed by atoms with Crippen LogP contribution in [-0.2, 0) is 11.3 Å². The van der Waals surface area contributed by atoms with Crippen LogP contribution in [0.5, 0.6) is 0 Å². The van der Waals surface area contributed by atoms with Crippen LogP contribution in [0.1, 0.15) is 111 Å². The fraction of sp³-hybridized carbons (Fsp3) is 0.875. The zero-order chi connectivity index (χ0) is 19.6. The standard InChI is InChI=1S/C24H46N2O/c1-24(2,3)17-22-27-21-16-14-12-10-8-6-4-5-7-9-11-13-15-19-26-20-18-25-23-26/h18,20,23H,4-17,19,21-22H2,1-3H3. The molecule has 27 heavy (non-hydrogen) atoms. The summed E-state index contributed by atoms with van der Waals surface area (Å²) < 4.78 is 7.91. The highest BCUT2D eigenvalue weighted by Crippen LogP contribution is 2.18. The predicted molar refractivity (Wildman–Crippen MR) is 117 cm³/mol. The number of aryl methyl sites for hydroxylation is 1. The molecule has 1 aromatic rings. The zero-order valence-corrected chi connectivity index (χ0v) is 18.6. The second-order valence-corrected chi connectivity index (χ2v) is 9.32. The molecule has 3 heteroatoms. The summed E-state index contributed by atoms with van der Waals surface area (Å²) in [5, 5.41) is 0. The van der Waals surface area contributed by atoms with Crippen molar-refractivity contribution >= 4 is 0 Å². The molecule has 0 spiro atoms. The van der Waals surface area contributed by atoms with Crippen molar-refractivity contribution in [3.05, 3.63) is 18.7 Å². The number of hydrogen-bond donors (Lipinski definition) is 0. The van der Waals surface area contributed by atoms with E-state index in [1.807, 2.05) is 12.5 Å². The van der Waals surface area contributed by atoms with E-state index in [0.29, 0.717) is 5.41 Å². The summed E-state index contributed by atoms with van der Waals surface area (Å²) in [6.45, 7) is 9.85. The number of rotatable bonds is 18. The van der Waals surface area contributed by atoms with E-state index < -0.39 is 0 Å². The molecule has 0 bridgehead atoms. The fourth-order valence-electron chi connectivity index (χ4n) is 3.34. The third-order valence-corrected chi connectivity index (χ3v) is 5.26. The Morgan fingerprint density at radius 2 is 1.22 bits per heavy atom. The largest absolute Gasteiger partial charge is 0.381 e. The van der Waals surface area contributed by atoms with Gasteiger partial charge in [0.1, 0.15) is 0 Å². The highest BCUT2D eigenvalue weighted by molar-refractivity contribution is 4.73. The van der Waals surface area contributed by atoms with Gasteiger partial charge in [-0.2, -0.15) is 0 Å². The summed E-state index contributed by atoms with van der Waals surface area (Å²) in [4.78, 5) is 4.08. The molecular formula is C24H46N2O. The molecule has 3 nitrogen and oxygen atoms in total. The van der Waals surface area contributed by atoms with E-state index in [9.17, 15) is 0 Å². The molecule has 0 fully saturated rings. The lowest BCUT2D eigenvalue weighted by atomic mass is 9.93. The lowest BCUT2D eigenvalue weighted by molar-refractivity contribution is 0.105. The molecule has 0 saturated carbocycles. The molecule has 0 amide bonds. The van der Waals surface area contributed by atoms with Gasteiger partial charge in [0.05, 0.1) is 6.33 Å². The normalized spacial score (nSPS) is 12.0. The Bertz CT molecular complexity index is 409. The van der Waals surface area contributed by atoms with Crippen molar-refractivity contribution in [1.82, 2.24) is 9.55 Å². The lowest BCUT2D eigenvalue weighted by Crippen LogP contribution is -2.09. The minimum absolute atomic E-state index is 0.404. The summed E-state index contributed by atoms with van der Waals surface area (Å²) in [6.07, 6.45) is 25.0. The van der Waals surface area contributed by atoms with Gasteiger partial charge in [-0.05, 0) is 24.7 Å². The SMILES string of the molecule is CC(C)(C)CCOCCCCCCCCCCCCCCCn1ccnc1. The number of nitrogens with zero attached hydrogens (tertiary/aromatic N) is 2. The van der Waals surface area contributed by atoms with Crippen molar-refractivity contribution < 1.29 is 4.74 Å². The van der Waals surface area contributed by atoms with Crippen molar-refractivity contribution in [2.45, 2.75) is 117 Å². The molecule has 0 unspecified atom stereocenters. The van der Waals surface area contributed by atoms with E-state index in [1.165, 1.54) is 89.9 Å². The van der Waals surface area contributed by atoms with Crippen molar-refractivity contribution in [3.8, 4) is 0 Å². The van der Waals surface area contributed by atoms with E-state index in [-0.39, 0.29) is 0 Å². The minimum Gasteiger partial charge on any atom is -0.381 e. The van der Waals surface area contributed by atoms with Gasteiger partial charge in [-0.15, -0.1) is 0 Å². The maximum absolute atomic E-state index is 5.73. The maximum atomic E-state index is 5.73. The number of aromatic nitrogens is 2. The van der Waals surface area contributed by atoms with E-state index in [4.69, 9.17) is 4.74 Å². The second kappa shape index (κ2) is 16.2. The Morgan fingerprint density at radius 1 is 0.704 bits per heavy atom. The third-order valence-electron chi connectivity index (χ3n) is 5.26. The van der Waals surface area contributed by atoms with E-state index in [2.05, 4.69) is 36.5 Å². The molecule has 0 saturated heterocycles. The van der Waals surface area contributed by atoms with Crippen molar-refractivity contribution in [3.63, 3.8) is 0 Å². The van der Waals surface area contributed by atoms with Crippen LogP contribution >= 0.6 is 0 Å². The lowest BCUT2D eigenvalue weighted by Gasteiger charge is -2.17. The van der Waals surface area contributed by atoms with E-state index in [1.54, 1.807) is 0 Å². The Balaban J connectivity index is 1.67. The molecule has 0 aliphatic carbocycles. The number of ether oxygens (including phenoxy) is 1.